The third-order valence-electron chi connectivity index (χ3n) is 5.30. The van der Waals surface area contributed by atoms with Crippen LogP contribution >= 0.6 is 0 Å². The molecule has 2 aromatic carbocycles. The molecule has 144 valence electrons. The van der Waals surface area contributed by atoms with Gasteiger partial charge in [0, 0.05) is 31.2 Å². The first-order chi connectivity index (χ1) is 13.6. The highest BCUT2D eigenvalue weighted by molar-refractivity contribution is 5.97. The number of rotatable bonds is 3. The molecule has 1 aliphatic heterocycles. The van der Waals surface area contributed by atoms with Crippen LogP contribution in [0.4, 0.5) is 5.69 Å². The highest BCUT2D eigenvalue weighted by Crippen LogP contribution is 2.29. The van der Waals surface area contributed by atoms with Crippen molar-refractivity contribution in [3.05, 3.63) is 70.5 Å². The average molecular weight is 377 g/mol. The molecule has 1 unspecified atom stereocenters. The van der Waals surface area contributed by atoms with Gasteiger partial charge in [0.25, 0.3) is 11.5 Å². The number of benzene rings is 2. The van der Waals surface area contributed by atoms with Crippen molar-refractivity contribution < 1.29 is 9.53 Å². The molecule has 4 rings (SSSR count). The number of hydrogen-bond donors (Lipinski definition) is 1. The lowest BCUT2D eigenvalue weighted by Crippen LogP contribution is -2.54. The maximum atomic E-state index is 13.1. The number of amides is 1. The highest BCUT2D eigenvalue weighted by Gasteiger charge is 2.30. The van der Waals surface area contributed by atoms with Crippen LogP contribution in [0.25, 0.3) is 10.9 Å². The first-order valence-electron chi connectivity index (χ1n) is 9.39. The molecule has 1 saturated heterocycles. The number of piperazine rings is 1. The van der Waals surface area contributed by atoms with Crippen LogP contribution in [0.3, 0.4) is 0 Å². The Labute approximate surface area is 163 Å². The summed E-state index contributed by atoms with van der Waals surface area (Å²) in [6.07, 6.45) is 0. The van der Waals surface area contributed by atoms with Gasteiger partial charge in [0.05, 0.1) is 12.8 Å². The Balaban J connectivity index is 1.57. The zero-order chi connectivity index (χ0) is 19.7. The molecule has 2 heterocycles. The van der Waals surface area contributed by atoms with E-state index in [1.54, 1.807) is 18.1 Å². The largest absolute Gasteiger partial charge is 0.495 e. The van der Waals surface area contributed by atoms with Gasteiger partial charge in [-0.05, 0) is 36.6 Å². The lowest BCUT2D eigenvalue weighted by molar-refractivity contribution is 0.0672. The van der Waals surface area contributed by atoms with Gasteiger partial charge in [0.2, 0.25) is 0 Å². The summed E-state index contributed by atoms with van der Waals surface area (Å²) in [6, 6.07) is 17.0. The van der Waals surface area contributed by atoms with E-state index in [1.165, 1.54) is 0 Å². The number of methoxy groups -OCH3 is 1. The number of hydrogen-bond acceptors (Lipinski definition) is 4. The minimum atomic E-state index is -0.344. The fourth-order valence-corrected chi connectivity index (χ4v) is 3.83. The second-order valence-electron chi connectivity index (χ2n) is 7.06. The number of carbonyl (C=O) groups excluding carboxylic acids is 1. The molecule has 1 aliphatic rings. The van der Waals surface area contributed by atoms with Gasteiger partial charge in [0.15, 0.2) is 0 Å². The van der Waals surface area contributed by atoms with E-state index in [9.17, 15) is 9.59 Å². The number of nitrogens with zero attached hydrogens (tertiary/aromatic N) is 2. The lowest BCUT2D eigenvalue weighted by Gasteiger charge is -2.41. The van der Waals surface area contributed by atoms with E-state index in [0.717, 1.165) is 22.3 Å². The average Bonchev–Trinajstić information content (AvgIpc) is 2.72. The van der Waals surface area contributed by atoms with Gasteiger partial charge in [0.1, 0.15) is 11.3 Å². The Bertz CT molecular complexity index is 1080. The first kappa shape index (κ1) is 18.1. The van der Waals surface area contributed by atoms with Crippen LogP contribution in [-0.2, 0) is 0 Å². The smallest absolute Gasteiger partial charge is 0.261 e. The predicted molar refractivity (Wildman–Crippen MR) is 110 cm³/mol. The summed E-state index contributed by atoms with van der Waals surface area (Å²) < 4.78 is 5.47. The number of pyridine rings is 1. The molecule has 1 amide bonds. The maximum absolute atomic E-state index is 13.1. The van der Waals surface area contributed by atoms with E-state index in [0.29, 0.717) is 19.6 Å². The van der Waals surface area contributed by atoms with Crippen molar-refractivity contribution in [2.45, 2.75) is 13.0 Å². The normalized spacial score (nSPS) is 17.0. The van der Waals surface area contributed by atoms with Crippen molar-refractivity contribution in [1.82, 2.24) is 9.88 Å². The molecular formula is C22H23N3O3. The quantitative estimate of drug-likeness (QED) is 0.762. The van der Waals surface area contributed by atoms with E-state index >= 15 is 0 Å². The Morgan fingerprint density at radius 2 is 1.86 bits per heavy atom. The van der Waals surface area contributed by atoms with Gasteiger partial charge in [-0.15, -0.1) is 0 Å². The summed E-state index contributed by atoms with van der Waals surface area (Å²) >= 11 is 0. The minimum Gasteiger partial charge on any atom is -0.495 e. The third-order valence-corrected chi connectivity index (χ3v) is 5.30. The van der Waals surface area contributed by atoms with E-state index in [2.05, 4.69) is 9.88 Å². The summed E-state index contributed by atoms with van der Waals surface area (Å²) in [5, 5.41) is 0.853. The number of anilines is 1. The van der Waals surface area contributed by atoms with E-state index < -0.39 is 0 Å². The minimum absolute atomic E-state index is 0.0305. The molecule has 1 atom stereocenters. The molecule has 3 aromatic rings. The van der Waals surface area contributed by atoms with Crippen LogP contribution in [0.1, 0.15) is 17.3 Å². The molecule has 6 heteroatoms. The van der Waals surface area contributed by atoms with Crippen molar-refractivity contribution in [3.8, 4) is 5.75 Å². The number of fused-ring (bicyclic) bond motifs is 1. The fourth-order valence-electron chi connectivity index (χ4n) is 3.83. The molecule has 0 aliphatic carbocycles. The molecule has 6 nitrogen and oxygen atoms in total. The number of aromatic nitrogens is 1. The molecule has 1 N–H and O–H groups in total. The van der Waals surface area contributed by atoms with E-state index in [-0.39, 0.29) is 23.1 Å². The Hall–Kier alpha value is -3.28. The van der Waals surface area contributed by atoms with Crippen LogP contribution in [0, 0.1) is 0 Å². The maximum Gasteiger partial charge on any atom is 0.261 e. The van der Waals surface area contributed by atoms with Gasteiger partial charge in [-0.3, -0.25) is 9.59 Å². The van der Waals surface area contributed by atoms with Gasteiger partial charge < -0.3 is 19.5 Å². The Kier molecular flexibility index (Phi) is 4.77. The van der Waals surface area contributed by atoms with E-state index in [4.69, 9.17) is 4.74 Å². The van der Waals surface area contributed by atoms with Crippen LogP contribution in [0.15, 0.2) is 59.4 Å². The molecule has 0 bridgehead atoms. The van der Waals surface area contributed by atoms with Crippen molar-refractivity contribution in [3.63, 3.8) is 0 Å². The third kappa shape index (κ3) is 3.22. The molecule has 0 radical (unpaired) electrons. The topological polar surface area (TPSA) is 65.6 Å². The van der Waals surface area contributed by atoms with Gasteiger partial charge >= 0.3 is 0 Å². The number of nitrogens with one attached hydrogen (secondary N) is 1. The lowest BCUT2D eigenvalue weighted by atomic mass is 10.1. The van der Waals surface area contributed by atoms with Crippen LogP contribution in [0.5, 0.6) is 5.75 Å². The molecule has 28 heavy (non-hydrogen) atoms. The van der Waals surface area contributed by atoms with Gasteiger partial charge in [-0.25, -0.2) is 0 Å². The van der Waals surface area contributed by atoms with Crippen molar-refractivity contribution >= 4 is 22.5 Å². The molecule has 1 aromatic heterocycles. The van der Waals surface area contributed by atoms with Crippen molar-refractivity contribution in [1.29, 1.82) is 0 Å². The Morgan fingerprint density at radius 3 is 2.64 bits per heavy atom. The van der Waals surface area contributed by atoms with Crippen LogP contribution in [0.2, 0.25) is 0 Å². The standard InChI is InChI=1S/C22H23N3O3/c1-15-14-24(19-9-5-6-10-20(19)28-2)11-12-25(15)22(27)17-13-16-7-3-4-8-18(16)23-21(17)26/h3-10,13,15H,11-12,14H2,1-2H3,(H,23,26). The van der Waals surface area contributed by atoms with Crippen LogP contribution < -0.4 is 15.2 Å². The SMILES string of the molecule is COc1ccccc1N1CCN(C(=O)c2cc3ccccc3[nH]c2=O)C(C)C1. The van der Waals surface area contributed by atoms with Crippen LogP contribution in [-0.4, -0.2) is 48.6 Å². The predicted octanol–water partition coefficient (Wildman–Crippen LogP) is 2.89. The van der Waals surface area contributed by atoms with Gasteiger partial charge in [-0.1, -0.05) is 30.3 Å². The first-order valence-corrected chi connectivity index (χ1v) is 9.39. The van der Waals surface area contributed by atoms with Gasteiger partial charge in [-0.2, -0.15) is 0 Å². The molecule has 0 saturated carbocycles. The fraction of sp³-hybridized carbons (Fsp3) is 0.273. The summed E-state index contributed by atoms with van der Waals surface area (Å²) in [6.45, 7) is 3.92. The van der Waals surface area contributed by atoms with Crippen molar-refractivity contribution in [2.75, 3.05) is 31.6 Å². The summed E-state index contributed by atoms with van der Waals surface area (Å²) in [5.74, 6) is 0.597. The molecule has 0 spiro atoms. The highest BCUT2D eigenvalue weighted by atomic mass is 16.5. The molecule has 1 fully saturated rings. The second-order valence-corrected chi connectivity index (χ2v) is 7.06. The zero-order valence-electron chi connectivity index (χ0n) is 16.0. The molecular weight excluding hydrogens is 354 g/mol. The second kappa shape index (κ2) is 7.38. The van der Waals surface area contributed by atoms with Crippen molar-refractivity contribution in [2.24, 2.45) is 0 Å². The monoisotopic (exact) mass is 377 g/mol. The number of H-pyrrole nitrogens is 1. The zero-order valence-corrected chi connectivity index (χ0v) is 16.0. The Morgan fingerprint density at radius 1 is 1.11 bits per heavy atom. The summed E-state index contributed by atoms with van der Waals surface area (Å²) in [7, 11) is 1.66. The number of aromatic amines is 1. The number of ether oxygens (including phenoxy) is 1. The summed E-state index contributed by atoms with van der Waals surface area (Å²) in [4.78, 5) is 32.4. The summed E-state index contributed by atoms with van der Waals surface area (Å²) in [5.41, 5.74) is 1.60. The number of carbonyl (C=O) groups is 1. The van der Waals surface area contributed by atoms with E-state index in [1.807, 2.05) is 55.5 Å². The number of para-hydroxylation sites is 3.